The molecule has 0 aliphatic heterocycles. The maximum atomic E-state index is 14.1. The van der Waals surface area contributed by atoms with Crippen LogP contribution in [0.25, 0.3) is 49.1 Å². The normalized spacial score (nSPS) is 11.3. The van der Waals surface area contributed by atoms with Crippen molar-refractivity contribution < 1.29 is 0 Å². The Hall–Kier alpha value is -4.02. The summed E-state index contributed by atoms with van der Waals surface area (Å²) in [7, 11) is 0. The number of nitrogens with zero attached hydrogens (tertiary/aromatic N) is 2. The second-order valence-corrected chi connectivity index (χ2v) is 8.98. The standard InChI is InChI=1S/C29H20N2OS/c1-19-14-15-21-13-8-17-30-25(21)26(19)31-27(22-11-6-3-7-12-22)24(20-9-4-2-5-10-20)23-16-18-33-28(23)29(31)32/h2-18H,1H3. The molecule has 0 atom stereocenters. The minimum absolute atomic E-state index is 0.0141. The van der Waals surface area contributed by atoms with Crippen LogP contribution in [0.1, 0.15) is 5.56 Å². The summed E-state index contributed by atoms with van der Waals surface area (Å²) in [5.41, 5.74) is 6.68. The van der Waals surface area contributed by atoms with E-state index >= 15 is 0 Å². The first-order valence-corrected chi connectivity index (χ1v) is 11.7. The molecule has 4 heteroatoms. The van der Waals surface area contributed by atoms with E-state index in [2.05, 4.69) is 42.5 Å². The number of fused-ring (bicyclic) bond motifs is 2. The second-order valence-electron chi connectivity index (χ2n) is 8.07. The largest absolute Gasteiger partial charge is 0.273 e. The predicted molar refractivity (Wildman–Crippen MR) is 138 cm³/mol. The third kappa shape index (κ3) is 3.11. The lowest BCUT2D eigenvalue weighted by Gasteiger charge is -2.21. The number of pyridine rings is 2. The van der Waals surface area contributed by atoms with Gasteiger partial charge in [0, 0.05) is 22.5 Å². The fraction of sp³-hybridized carbons (Fsp3) is 0.0345. The average Bonchev–Trinajstić information content (AvgIpc) is 3.36. The summed E-state index contributed by atoms with van der Waals surface area (Å²) >= 11 is 1.49. The van der Waals surface area contributed by atoms with Gasteiger partial charge in [0.1, 0.15) is 4.70 Å². The molecule has 0 unspecified atom stereocenters. The van der Waals surface area contributed by atoms with Gasteiger partial charge in [-0.15, -0.1) is 11.3 Å². The van der Waals surface area contributed by atoms with Crippen LogP contribution in [-0.4, -0.2) is 9.55 Å². The summed E-state index contributed by atoms with van der Waals surface area (Å²) < 4.78 is 2.64. The van der Waals surface area contributed by atoms with E-state index in [1.165, 1.54) is 11.3 Å². The van der Waals surface area contributed by atoms with E-state index in [-0.39, 0.29) is 5.56 Å². The van der Waals surface area contributed by atoms with Crippen LogP contribution in [0.3, 0.4) is 0 Å². The molecule has 3 aromatic carbocycles. The molecule has 6 aromatic rings. The van der Waals surface area contributed by atoms with Gasteiger partial charge in [0.05, 0.1) is 16.9 Å². The highest BCUT2D eigenvalue weighted by Crippen LogP contribution is 2.40. The van der Waals surface area contributed by atoms with Gasteiger partial charge < -0.3 is 0 Å². The molecule has 0 aliphatic rings. The van der Waals surface area contributed by atoms with Crippen molar-refractivity contribution >= 4 is 32.3 Å². The van der Waals surface area contributed by atoms with Crippen molar-refractivity contribution in [1.29, 1.82) is 0 Å². The second kappa shape index (κ2) is 7.84. The van der Waals surface area contributed by atoms with Gasteiger partial charge >= 0.3 is 0 Å². The number of aryl methyl sites for hydroxylation is 1. The van der Waals surface area contributed by atoms with E-state index in [4.69, 9.17) is 4.98 Å². The summed E-state index contributed by atoms with van der Waals surface area (Å²) in [5, 5.41) is 4.00. The quantitative estimate of drug-likeness (QED) is 0.288. The highest BCUT2D eigenvalue weighted by atomic mass is 32.1. The van der Waals surface area contributed by atoms with Gasteiger partial charge in [0.2, 0.25) is 0 Å². The van der Waals surface area contributed by atoms with Gasteiger partial charge in [0.15, 0.2) is 0 Å². The SMILES string of the molecule is Cc1ccc2cccnc2c1-n1c(-c2ccccc2)c(-c2ccccc2)c2ccsc2c1=O. The zero-order valence-corrected chi connectivity index (χ0v) is 18.8. The monoisotopic (exact) mass is 444 g/mol. The Morgan fingerprint density at radius 3 is 2.27 bits per heavy atom. The lowest BCUT2D eigenvalue weighted by Crippen LogP contribution is -2.22. The zero-order chi connectivity index (χ0) is 22.4. The van der Waals surface area contributed by atoms with Crippen molar-refractivity contribution in [1.82, 2.24) is 9.55 Å². The lowest BCUT2D eigenvalue weighted by molar-refractivity contribution is 1.01. The van der Waals surface area contributed by atoms with Gasteiger partial charge in [-0.25, -0.2) is 0 Å². The number of hydrogen-bond donors (Lipinski definition) is 0. The highest BCUT2D eigenvalue weighted by Gasteiger charge is 2.23. The maximum Gasteiger partial charge on any atom is 0.273 e. The van der Waals surface area contributed by atoms with Gasteiger partial charge in [-0.1, -0.05) is 78.9 Å². The van der Waals surface area contributed by atoms with Crippen LogP contribution in [0.4, 0.5) is 0 Å². The van der Waals surface area contributed by atoms with Crippen LogP contribution in [0.15, 0.2) is 107 Å². The Morgan fingerprint density at radius 2 is 1.52 bits per heavy atom. The van der Waals surface area contributed by atoms with E-state index in [1.54, 1.807) is 6.20 Å². The van der Waals surface area contributed by atoms with Crippen LogP contribution in [0.2, 0.25) is 0 Å². The molecule has 0 saturated carbocycles. The van der Waals surface area contributed by atoms with Crippen molar-refractivity contribution in [3.8, 4) is 28.1 Å². The molecule has 0 N–H and O–H groups in total. The number of rotatable bonds is 3. The summed E-state index contributed by atoms with van der Waals surface area (Å²) in [6.07, 6.45) is 1.79. The van der Waals surface area contributed by atoms with Crippen LogP contribution < -0.4 is 5.56 Å². The third-order valence-corrected chi connectivity index (χ3v) is 6.98. The van der Waals surface area contributed by atoms with Gasteiger partial charge in [-0.05, 0) is 41.1 Å². The van der Waals surface area contributed by atoms with E-state index in [0.29, 0.717) is 0 Å². The first kappa shape index (κ1) is 19.6. The first-order valence-electron chi connectivity index (χ1n) is 10.9. The molecule has 33 heavy (non-hydrogen) atoms. The molecule has 0 radical (unpaired) electrons. The fourth-order valence-corrected chi connectivity index (χ4v) is 5.44. The minimum atomic E-state index is -0.0141. The Bertz CT molecular complexity index is 1680. The first-order chi connectivity index (χ1) is 16.2. The van der Waals surface area contributed by atoms with Crippen molar-refractivity contribution in [3.63, 3.8) is 0 Å². The minimum Gasteiger partial charge on any atom is -0.273 e. The van der Waals surface area contributed by atoms with Gasteiger partial charge in [-0.2, -0.15) is 0 Å². The number of hydrogen-bond acceptors (Lipinski definition) is 3. The molecule has 6 rings (SSSR count). The molecule has 0 bridgehead atoms. The molecule has 3 heterocycles. The summed E-state index contributed by atoms with van der Waals surface area (Å²) in [5.74, 6) is 0. The van der Waals surface area contributed by atoms with Crippen LogP contribution in [-0.2, 0) is 0 Å². The smallest absolute Gasteiger partial charge is 0.273 e. The maximum absolute atomic E-state index is 14.1. The molecular formula is C29H20N2OS. The van der Waals surface area contributed by atoms with Crippen molar-refractivity contribution in [2.45, 2.75) is 6.92 Å². The van der Waals surface area contributed by atoms with Crippen molar-refractivity contribution in [2.24, 2.45) is 0 Å². The van der Waals surface area contributed by atoms with E-state index in [9.17, 15) is 4.79 Å². The average molecular weight is 445 g/mol. The predicted octanol–water partition coefficient (Wildman–Crippen LogP) is 7.24. The zero-order valence-electron chi connectivity index (χ0n) is 18.0. The molecule has 3 nitrogen and oxygen atoms in total. The van der Waals surface area contributed by atoms with Gasteiger partial charge in [0.25, 0.3) is 5.56 Å². The molecule has 0 spiro atoms. The molecule has 0 aliphatic carbocycles. The van der Waals surface area contributed by atoms with Crippen molar-refractivity contribution in [2.75, 3.05) is 0 Å². The number of thiophene rings is 1. The Balaban J connectivity index is 1.89. The van der Waals surface area contributed by atoms with Crippen LogP contribution in [0.5, 0.6) is 0 Å². The molecule has 3 aromatic heterocycles. The highest BCUT2D eigenvalue weighted by molar-refractivity contribution is 7.17. The van der Waals surface area contributed by atoms with E-state index < -0.39 is 0 Å². The molecule has 0 saturated heterocycles. The van der Waals surface area contributed by atoms with E-state index in [0.717, 1.165) is 54.6 Å². The van der Waals surface area contributed by atoms with E-state index in [1.807, 2.05) is 65.4 Å². The van der Waals surface area contributed by atoms with Crippen molar-refractivity contribution in [3.05, 3.63) is 118 Å². The Kier molecular flexibility index (Phi) is 4.67. The Labute approximate surface area is 195 Å². The topological polar surface area (TPSA) is 34.9 Å². The molecular weight excluding hydrogens is 424 g/mol. The molecule has 158 valence electrons. The van der Waals surface area contributed by atoms with Crippen LogP contribution in [0, 0.1) is 6.92 Å². The Morgan fingerprint density at radius 1 is 0.788 bits per heavy atom. The van der Waals surface area contributed by atoms with Crippen LogP contribution >= 0.6 is 11.3 Å². The summed E-state index contributed by atoms with van der Waals surface area (Å²) in [6, 6.07) is 30.7. The third-order valence-electron chi connectivity index (χ3n) is 6.08. The summed E-state index contributed by atoms with van der Waals surface area (Å²) in [4.78, 5) is 18.8. The molecule has 0 amide bonds. The lowest BCUT2D eigenvalue weighted by atomic mass is 9.95. The number of aromatic nitrogens is 2. The number of benzene rings is 3. The fourth-order valence-electron chi connectivity index (χ4n) is 4.61. The summed E-state index contributed by atoms with van der Waals surface area (Å²) in [6.45, 7) is 2.05. The molecule has 0 fully saturated rings. The van der Waals surface area contributed by atoms with Gasteiger partial charge in [-0.3, -0.25) is 14.3 Å².